The maximum Gasteiger partial charge on any atom is 0.273 e. The molecule has 7 amide bonds. The number of hydrogen-bond donors (Lipinski definition) is 6. The SMILES string of the molecule is CNC(=O)c1nnc(NC(=O)CNC(=O)CCCNc2cccc3c2C(=O)N(C2CCC(=O)NC2=O)C3=O)cc1Nc1cccc(-c2ncn(C)n2)c1OC. The van der Waals surface area contributed by atoms with Gasteiger partial charge in [-0.3, -0.25) is 48.5 Å². The van der Waals surface area contributed by atoms with E-state index in [0.29, 0.717) is 34.9 Å². The number of carbonyl (C=O) groups excluding carboxylic acids is 7. The summed E-state index contributed by atoms with van der Waals surface area (Å²) in [7, 11) is 4.65. The molecule has 1 fully saturated rings. The average Bonchev–Trinajstić information content (AvgIpc) is 3.72. The van der Waals surface area contributed by atoms with Gasteiger partial charge in [-0.2, -0.15) is 5.10 Å². The first kappa shape index (κ1) is 37.5. The zero-order chi connectivity index (χ0) is 39.2. The number of aryl methyl sites for hydroxylation is 1. The highest BCUT2D eigenvalue weighted by Gasteiger charge is 2.45. The molecule has 0 radical (unpaired) electrons. The van der Waals surface area contributed by atoms with Gasteiger partial charge in [-0.15, -0.1) is 10.2 Å². The summed E-state index contributed by atoms with van der Waals surface area (Å²) in [5.74, 6) is -3.20. The summed E-state index contributed by atoms with van der Waals surface area (Å²) >= 11 is 0. The van der Waals surface area contributed by atoms with Crippen molar-refractivity contribution in [2.45, 2.75) is 31.7 Å². The summed E-state index contributed by atoms with van der Waals surface area (Å²) in [6.45, 7) is -0.148. The van der Waals surface area contributed by atoms with Crippen molar-refractivity contribution in [1.82, 2.24) is 45.8 Å². The van der Waals surface area contributed by atoms with Crippen LogP contribution >= 0.6 is 0 Å². The number of nitrogens with zero attached hydrogens (tertiary/aromatic N) is 6. The molecule has 4 aromatic rings. The van der Waals surface area contributed by atoms with E-state index in [1.807, 2.05) is 0 Å². The Morgan fingerprint density at radius 3 is 2.44 bits per heavy atom. The predicted molar refractivity (Wildman–Crippen MR) is 194 cm³/mol. The van der Waals surface area contributed by atoms with Crippen molar-refractivity contribution in [1.29, 1.82) is 0 Å². The molecule has 2 aliphatic heterocycles. The monoisotopic (exact) mass is 752 g/mol. The Morgan fingerprint density at radius 2 is 1.73 bits per heavy atom. The molecule has 4 heterocycles. The fourth-order valence-electron chi connectivity index (χ4n) is 6.06. The highest BCUT2D eigenvalue weighted by atomic mass is 16.5. The number of piperidine rings is 1. The van der Waals surface area contributed by atoms with Crippen molar-refractivity contribution >= 4 is 64.2 Å². The molecule has 1 unspecified atom stereocenters. The van der Waals surface area contributed by atoms with Crippen LogP contribution in [-0.2, 0) is 26.2 Å². The molecule has 0 spiro atoms. The number of imide groups is 2. The van der Waals surface area contributed by atoms with E-state index < -0.39 is 47.4 Å². The molecule has 0 aliphatic carbocycles. The summed E-state index contributed by atoms with van der Waals surface area (Å²) in [6, 6.07) is 10.3. The molecule has 1 atom stereocenters. The number of rotatable bonds is 14. The molecule has 284 valence electrons. The van der Waals surface area contributed by atoms with Crippen LogP contribution in [0.15, 0.2) is 48.8 Å². The van der Waals surface area contributed by atoms with E-state index in [2.05, 4.69) is 52.2 Å². The summed E-state index contributed by atoms with van der Waals surface area (Å²) in [4.78, 5) is 93.5. The van der Waals surface area contributed by atoms with Gasteiger partial charge < -0.3 is 31.3 Å². The van der Waals surface area contributed by atoms with E-state index in [-0.39, 0.29) is 60.7 Å². The van der Waals surface area contributed by atoms with Crippen molar-refractivity contribution in [2.24, 2.45) is 7.05 Å². The fraction of sp³-hybridized carbons (Fsp3) is 0.286. The van der Waals surface area contributed by atoms with Crippen molar-refractivity contribution in [3.63, 3.8) is 0 Å². The van der Waals surface area contributed by atoms with E-state index in [9.17, 15) is 33.6 Å². The zero-order valence-electron chi connectivity index (χ0n) is 29.9. The van der Waals surface area contributed by atoms with Crippen LogP contribution in [0.25, 0.3) is 11.4 Å². The van der Waals surface area contributed by atoms with Gasteiger partial charge in [0, 0.05) is 45.2 Å². The van der Waals surface area contributed by atoms with Gasteiger partial charge in [0.25, 0.3) is 17.7 Å². The minimum Gasteiger partial charge on any atom is -0.494 e. The lowest BCUT2D eigenvalue weighted by Crippen LogP contribution is -2.54. The van der Waals surface area contributed by atoms with Crippen LogP contribution in [0.1, 0.15) is 56.9 Å². The third kappa shape index (κ3) is 8.06. The quantitative estimate of drug-likeness (QED) is 0.0767. The summed E-state index contributed by atoms with van der Waals surface area (Å²) in [6.07, 6.45) is 1.92. The molecule has 6 N–H and O–H groups in total. The highest BCUT2D eigenvalue weighted by Crippen LogP contribution is 2.37. The second-order valence-corrected chi connectivity index (χ2v) is 12.4. The zero-order valence-corrected chi connectivity index (χ0v) is 29.9. The van der Waals surface area contributed by atoms with E-state index in [0.717, 1.165) is 4.90 Å². The molecule has 2 aromatic carbocycles. The smallest absolute Gasteiger partial charge is 0.273 e. The third-order valence-electron chi connectivity index (χ3n) is 8.64. The lowest BCUT2D eigenvalue weighted by atomic mass is 10.0. The number of carbonyl (C=O) groups is 7. The molecule has 0 bridgehead atoms. The van der Waals surface area contributed by atoms with Crippen LogP contribution < -0.4 is 36.6 Å². The number of aromatic nitrogens is 5. The minimum atomic E-state index is -1.09. The van der Waals surface area contributed by atoms with E-state index >= 15 is 0 Å². The number of ether oxygens (including phenoxy) is 1. The Bertz CT molecular complexity index is 2220. The maximum atomic E-state index is 13.3. The summed E-state index contributed by atoms with van der Waals surface area (Å²) in [5.41, 5.74) is 1.78. The van der Waals surface area contributed by atoms with E-state index in [4.69, 9.17) is 4.74 Å². The van der Waals surface area contributed by atoms with Crippen LogP contribution in [0.5, 0.6) is 5.75 Å². The van der Waals surface area contributed by atoms with Crippen molar-refractivity contribution in [3.05, 3.63) is 65.6 Å². The second kappa shape index (κ2) is 16.2. The molecule has 1 saturated heterocycles. The highest BCUT2D eigenvalue weighted by molar-refractivity contribution is 6.25. The van der Waals surface area contributed by atoms with Crippen LogP contribution in [0.3, 0.4) is 0 Å². The molecule has 2 aromatic heterocycles. The molecule has 20 heteroatoms. The van der Waals surface area contributed by atoms with Gasteiger partial charge in [0.05, 0.1) is 41.7 Å². The number of methoxy groups -OCH3 is 1. The minimum absolute atomic E-state index is 0.000270. The van der Waals surface area contributed by atoms with E-state index in [1.165, 1.54) is 26.3 Å². The molecule has 2 aliphatic rings. The lowest BCUT2D eigenvalue weighted by molar-refractivity contribution is -0.136. The first-order valence-electron chi connectivity index (χ1n) is 17.0. The van der Waals surface area contributed by atoms with Gasteiger partial charge in [0.1, 0.15) is 12.4 Å². The maximum absolute atomic E-state index is 13.3. The fourth-order valence-corrected chi connectivity index (χ4v) is 6.06. The van der Waals surface area contributed by atoms with Gasteiger partial charge >= 0.3 is 0 Å². The van der Waals surface area contributed by atoms with Crippen LogP contribution in [0.2, 0.25) is 0 Å². The summed E-state index contributed by atoms with van der Waals surface area (Å²) in [5, 5.41) is 28.2. The third-order valence-corrected chi connectivity index (χ3v) is 8.64. The number of fused-ring (bicyclic) bond motifs is 1. The molecular weight excluding hydrogens is 716 g/mol. The molecular formula is C35H36N12O8. The normalized spacial score (nSPS) is 14.9. The molecule has 0 saturated carbocycles. The standard InChI is InChI=1S/C35H36N12O8/c1-36-33(52)29-22(40-21-10-5-8-19(30(21)55-3)31-39-17-46(2)45-31)15-24(43-44-29)41-27(50)16-38-25(48)11-6-14-37-20-9-4-7-18-28(20)35(54)47(34(18)53)23-12-13-26(49)42-32(23)51/h4-5,7-10,15,17,23,37H,6,11-14,16H2,1-3H3,(H,36,52)(H,38,48)(H,42,49,51)(H2,40,41,43,50). The van der Waals surface area contributed by atoms with Gasteiger partial charge in [-0.1, -0.05) is 12.1 Å². The van der Waals surface area contributed by atoms with Crippen molar-refractivity contribution in [3.8, 4) is 17.1 Å². The predicted octanol–water partition coefficient (Wildman–Crippen LogP) is 0.732. The summed E-state index contributed by atoms with van der Waals surface area (Å²) < 4.78 is 7.20. The van der Waals surface area contributed by atoms with Crippen LogP contribution in [-0.4, -0.2) is 105 Å². The second-order valence-electron chi connectivity index (χ2n) is 12.4. The Hall–Kier alpha value is -7.25. The van der Waals surface area contributed by atoms with Crippen LogP contribution in [0.4, 0.5) is 22.9 Å². The van der Waals surface area contributed by atoms with Crippen LogP contribution in [0, 0.1) is 0 Å². The van der Waals surface area contributed by atoms with Gasteiger partial charge in [0.15, 0.2) is 23.1 Å². The Balaban J connectivity index is 1.02. The first-order valence-corrected chi connectivity index (χ1v) is 17.0. The first-order chi connectivity index (χ1) is 26.5. The Morgan fingerprint density at radius 1 is 0.964 bits per heavy atom. The van der Waals surface area contributed by atoms with Crippen molar-refractivity contribution < 1.29 is 38.3 Å². The lowest BCUT2D eigenvalue weighted by Gasteiger charge is -2.27. The molecule has 20 nitrogen and oxygen atoms in total. The Kier molecular flexibility index (Phi) is 11.0. The van der Waals surface area contributed by atoms with Gasteiger partial charge in [-0.05, 0) is 37.1 Å². The van der Waals surface area contributed by atoms with Crippen molar-refractivity contribution in [2.75, 3.05) is 43.2 Å². The number of hydrogen-bond acceptors (Lipinski definition) is 14. The largest absolute Gasteiger partial charge is 0.494 e. The molecule has 55 heavy (non-hydrogen) atoms. The number of para-hydroxylation sites is 1. The average molecular weight is 753 g/mol. The van der Waals surface area contributed by atoms with E-state index in [1.54, 1.807) is 48.4 Å². The number of anilines is 4. The van der Waals surface area contributed by atoms with Gasteiger partial charge in [0.2, 0.25) is 23.6 Å². The number of nitrogens with one attached hydrogen (secondary N) is 6. The Labute approximate surface area is 312 Å². The topological polar surface area (TPSA) is 261 Å². The molecule has 6 rings (SSSR count). The number of benzene rings is 2. The number of amides is 7. The van der Waals surface area contributed by atoms with Gasteiger partial charge in [-0.25, -0.2) is 4.98 Å².